The Morgan fingerprint density at radius 3 is 1.02 bits per heavy atom. The van der Waals surface area contributed by atoms with Crippen LogP contribution in [0.25, 0.3) is 0 Å². The zero-order chi connectivity index (χ0) is 39.3. The number of hydrogen-bond donors (Lipinski definition) is 3. The van der Waals surface area contributed by atoms with Crippen molar-refractivity contribution in [3.63, 3.8) is 0 Å². The predicted molar refractivity (Wildman–Crippen MR) is 239 cm³/mol. The molecule has 0 bridgehead atoms. The molecule has 4 nitrogen and oxygen atoms in total. The van der Waals surface area contributed by atoms with E-state index in [1.807, 2.05) is 6.08 Å². The molecular formula is C50H97NO3. The quantitative estimate of drug-likeness (QED) is 0.0428. The molecule has 0 aromatic rings. The zero-order valence-corrected chi connectivity index (χ0v) is 36.8. The van der Waals surface area contributed by atoms with E-state index in [4.69, 9.17) is 0 Å². The molecule has 2 atom stereocenters. The molecule has 0 aliphatic heterocycles. The largest absolute Gasteiger partial charge is 0.394 e. The standard InChI is InChI=1S/C50H97NO3/c1-3-5-7-9-11-13-15-17-19-20-21-22-23-24-25-26-27-28-29-30-31-32-34-36-38-40-42-44-46-50(54)51-48(47-52)49(53)45-43-41-39-37-35-33-18-16-14-12-10-8-6-4-2/h24-25,43,45,48-49,52-53H,3-23,26-42,44,46-47H2,1-2H3,(H,51,54)/b25-24-,45-43+. The maximum atomic E-state index is 12.4. The third-order valence-electron chi connectivity index (χ3n) is 11.4. The first-order valence-electron chi connectivity index (χ1n) is 24.6. The molecule has 0 fully saturated rings. The van der Waals surface area contributed by atoms with E-state index >= 15 is 0 Å². The lowest BCUT2D eigenvalue weighted by Crippen LogP contribution is -2.45. The highest BCUT2D eigenvalue weighted by atomic mass is 16.3. The SMILES string of the molecule is CCCCCCCCCCCCCC/C=C\CCCCCCCCCCCCCCC(=O)NC(CO)C(O)/C=C/CCCCCCCCCCCCCC. The molecule has 0 spiro atoms. The van der Waals surface area contributed by atoms with Crippen molar-refractivity contribution in [2.75, 3.05) is 6.61 Å². The van der Waals surface area contributed by atoms with Crippen molar-refractivity contribution in [1.29, 1.82) is 0 Å². The number of carbonyl (C=O) groups excluding carboxylic acids is 1. The number of rotatable bonds is 45. The number of amides is 1. The Bertz CT molecular complexity index is 780. The Kier molecular flexibility index (Phi) is 45.3. The van der Waals surface area contributed by atoms with Gasteiger partial charge in [0.25, 0.3) is 0 Å². The van der Waals surface area contributed by atoms with Gasteiger partial charge >= 0.3 is 0 Å². The van der Waals surface area contributed by atoms with E-state index in [0.717, 1.165) is 25.7 Å². The highest BCUT2D eigenvalue weighted by molar-refractivity contribution is 5.76. The molecule has 0 saturated carbocycles. The summed E-state index contributed by atoms with van der Waals surface area (Å²) in [7, 11) is 0. The number of allylic oxidation sites excluding steroid dienone is 3. The fourth-order valence-corrected chi connectivity index (χ4v) is 7.65. The fourth-order valence-electron chi connectivity index (χ4n) is 7.65. The topological polar surface area (TPSA) is 69.6 Å². The van der Waals surface area contributed by atoms with Crippen LogP contribution in [0.3, 0.4) is 0 Å². The summed E-state index contributed by atoms with van der Waals surface area (Å²) in [6, 6.07) is -0.619. The van der Waals surface area contributed by atoms with Gasteiger partial charge < -0.3 is 15.5 Å². The van der Waals surface area contributed by atoms with E-state index in [1.54, 1.807) is 6.08 Å². The van der Waals surface area contributed by atoms with Crippen molar-refractivity contribution in [3.05, 3.63) is 24.3 Å². The van der Waals surface area contributed by atoms with Crippen molar-refractivity contribution >= 4 is 5.91 Å². The van der Waals surface area contributed by atoms with Crippen molar-refractivity contribution in [1.82, 2.24) is 5.32 Å². The van der Waals surface area contributed by atoms with Gasteiger partial charge in [0.1, 0.15) is 0 Å². The summed E-state index contributed by atoms with van der Waals surface area (Å²) in [5, 5.41) is 23.0. The smallest absolute Gasteiger partial charge is 0.220 e. The van der Waals surface area contributed by atoms with E-state index < -0.39 is 12.1 Å². The Balaban J connectivity index is 3.47. The molecule has 0 aliphatic carbocycles. The summed E-state index contributed by atoms with van der Waals surface area (Å²) in [5.41, 5.74) is 0. The average Bonchev–Trinajstić information content (AvgIpc) is 3.18. The van der Waals surface area contributed by atoms with Gasteiger partial charge in [-0.25, -0.2) is 0 Å². The van der Waals surface area contributed by atoms with Crippen LogP contribution in [0.4, 0.5) is 0 Å². The van der Waals surface area contributed by atoms with Crippen LogP contribution in [0.1, 0.15) is 271 Å². The second kappa shape index (κ2) is 46.3. The Hall–Kier alpha value is -1.13. The number of unbranched alkanes of at least 4 members (excludes halogenated alkanes) is 36. The van der Waals surface area contributed by atoms with Crippen molar-refractivity contribution < 1.29 is 15.0 Å². The average molecular weight is 760 g/mol. The molecule has 3 N–H and O–H groups in total. The molecule has 0 aromatic heterocycles. The Labute approximate surface area is 339 Å². The van der Waals surface area contributed by atoms with Crippen LogP contribution in [0.5, 0.6) is 0 Å². The predicted octanol–water partition coefficient (Wildman–Crippen LogP) is 15.6. The van der Waals surface area contributed by atoms with Gasteiger partial charge in [0.15, 0.2) is 0 Å². The monoisotopic (exact) mass is 760 g/mol. The third kappa shape index (κ3) is 42.0. The van der Waals surface area contributed by atoms with Crippen LogP contribution < -0.4 is 5.32 Å². The molecule has 0 aliphatic rings. The molecule has 0 heterocycles. The van der Waals surface area contributed by atoms with Crippen LogP contribution in [-0.4, -0.2) is 34.9 Å². The van der Waals surface area contributed by atoms with Gasteiger partial charge in [-0.15, -0.1) is 0 Å². The van der Waals surface area contributed by atoms with E-state index in [-0.39, 0.29) is 12.5 Å². The summed E-state index contributed by atoms with van der Waals surface area (Å²) in [6.07, 6.45) is 60.3. The van der Waals surface area contributed by atoms with E-state index in [0.29, 0.717) is 6.42 Å². The minimum absolute atomic E-state index is 0.0618. The van der Waals surface area contributed by atoms with Gasteiger partial charge in [-0.05, 0) is 44.9 Å². The van der Waals surface area contributed by atoms with E-state index in [1.165, 1.54) is 225 Å². The van der Waals surface area contributed by atoms with Crippen LogP contribution in [0.2, 0.25) is 0 Å². The van der Waals surface area contributed by atoms with Crippen LogP contribution >= 0.6 is 0 Å². The molecule has 54 heavy (non-hydrogen) atoms. The summed E-state index contributed by atoms with van der Waals surface area (Å²) in [6.45, 7) is 4.33. The second-order valence-corrected chi connectivity index (χ2v) is 16.9. The molecule has 320 valence electrons. The van der Waals surface area contributed by atoms with Crippen molar-refractivity contribution in [3.8, 4) is 0 Å². The number of carbonyl (C=O) groups is 1. The highest BCUT2D eigenvalue weighted by Crippen LogP contribution is 2.16. The molecule has 0 saturated heterocycles. The van der Waals surface area contributed by atoms with Gasteiger partial charge in [-0.3, -0.25) is 4.79 Å². The lowest BCUT2D eigenvalue weighted by molar-refractivity contribution is -0.123. The molecule has 1 amide bonds. The first-order chi connectivity index (χ1) is 26.7. The summed E-state index contributed by atoms with van der Waals surface area (Å²) in [5.74, 6) is -0.0618. The normalized spacial score (nSPS) is 13.0. The summed E-state index contributed by atoms with van der Waals surface area (Å²) >= 11 is 0. The highest BCUT2D eigenvalue weighted by Gasteiger charge is 2.18. The van der Waals surface area contributed by atoms with Crippen molar-refractivity contribution in [2.24, 2.45) is 0 Å². The molecule has 0 aromatic carbocycles. The molecule has 2 unspecified atom stereocenters. The fraction of sp³-hybridized carbons (Fsp3) is 0.900. The van der Waals surface area contributed by atoms with Gasteiger partial charge in [0.2, 0.25) is 5.91 Å². The zero-order valence-electron chi connectivity index (χ0n) is 36.8. The Morgan fingerprint density at radius 1 is 0.426 bits per heavy atom. The van der Waals surface area contributed by atoms with Crippen molar-refractivity contribution in [2.45, 2.75) is 283 Å². The number of aliphatic hydroxyl groups excluding tert-OH is 2. The van der Waals surface area contributed by atoms with Crippen LogP contribution in [-0.2, 0) is 4.79 Å². The number of nitrogens with one attached hydrogen (secondary N) is 1. The number of hydrogen-bond acceptors (Lipinski definition) is 3. The number of aliphatic hydroxyl groups is 2. The van der Waals surface area contributed by atoms with Gasteiger partial charge in [0.05, 0.1) is 18.8 Å². The third-order valence-corrected chi connectivity index (χ3v) is 11.4. The molecular weight excluding hydrogens is 663 g/mol. The van der Waals surface area contributed by atoms with Gasteiger partial charge in [0, 0.05) is 6.42 Å². The van der Waals surface area contributed by atoms with Gasteiger partial charge in [-0.1, -0.05) is 244 Å². The summed E-state index contributed by atoms with van der Waals surface area (Å²) in [4.78, 5) is 12.4. The molecule has 0 rings (SSSR count). The first-order valence-corrected chi connectivity index (χ1v) is 24.6. The Morgan fingerprint density at radius 2 is 0.704 bits per heavy atom. The van der Waals surface area contributed by atoms with Crippen LogP contribution in [0.15, 0.2) is 24.3 Å². The molecule has 4 heteroatoms. The lowest BCUT2D eigenvalue weighted by Gasteiger charge is -2.20. The lowest BCUT2D eigenvalue weighted by atomic mass is 10.0. The van der Waals surface area contributed by atoms with Crippen LogP contribution in [0, 0.1) is 0 Å². The summed E-state index contributed by atoms with van der Waals surface area (Å²) < 4.78 is 0. The maximum absolute atomic E-state index is 12.4. The minimum atomic E-state index is -0.836. The maximum Gasteiger partial charge on any atom is 0.220 e. The minimum Gasteiger partial charge on any atom is -0.394 e. The second-order valence-electron chi connectivity index (χ2n) is 16.9. The first kappa shape index (κ1) is 52.9. The molecule has 0 radical (unpaired) electrons. The van der Waals surface area contributed by atoms with E-state index in [2.05, 4.69) is 31.3 Å². The van der Waals surface area contributed by atoms with Gasteiger partial charge in [-0.2, -0.15) is 0 Å². The van der Waals surface area contributed by atoms with E-state index in [9.17, 15) is 15.0 Å².